The van der Waals surface area contributed by atoms with Crippen molar-refractivity contribution < 1.29 is 5.11 Å². The summed E-state index contributed by atoms with van der Waals surface area (Å²) in [5.41, 5.74) is 8.40. The second-order valence-corrected chi connectivity index (χ2v) is 6.14. The quantitative estimate of drug-likeness (QED) is 0.902. The fourth-order valence-electron chi connectivity index (χ4n) is 2.58. The van der Waals surface area contributed by atoms with Crippen LogP contribution in [0, 0.1) is 5.92 Å². The van der Waals surface area contributed by atoms with Gasteiger partial charge < -0.3 is 15.7 Å². The summed E-state index contributed by atoms with van der Waals surface area (Å²) in [4.78, 5) is 2.33. The van der Waals surface area contributed by atoms with E-state index in [0.717, 1.165) is 24.0 Å². The lowest BCUT2D eigenvalue weighted by Gasteiger charge is -2.24. The fourth-order valence-corrected chi connectivity index (χ4v) is 2.92. The van der Waals surface area contributed by atoms with Gasteiger partial charge in [-0.25, -0.2) is 0 Å². The van der Waals surface area contributed by atoms with E-state index in [-0.39, 0.29) is 12.1 Å². The number of rotatable bonds is 3. The minimum atomic E-state index is -0.235. The number of nitrogens with two attached hydrogens (primary N) is 1. The summed E-state index contributed by atoms with van der Waals surface area (Å²) in [6, 6.07) is 6.27. The largest absolute Gasteiger partial charge is 0.393 e. The van der Waals surface area contributed by atoms with Crippen LogP contribution < -0.4 is 10.6 Å². The number of hydrogen-bond donors (Lipinski definition) is 2. The molecule has 0 aliphatic carbocycles. The Bertz CT molecular complexity index is 420. The van der Waals surface area contributed by atoms with Gasteiger partial charge in [-0.3, -0.25) is 0 Å². The third-order valence-electron chi connectivity index (χ3n) is 3.73. The molecule has 2 rings (SSSR count). The molecule has 1 aromatic rings. The molecule has 1 heterocycles. The maximum atomic E-state index is 9.69. The Hall–Kier alpha value is -0.580. The van der Waals surface area contributed by atoms with Crippen LogP contribution in [0.2, 0.25) is 0 Å². The van der Waals surface area contributed by atoms with Gasteiger partial charge >= 0.3 is 0 Å². The minimum absolute atomic E-state index is 0.0266. The van der Waals surface area contributed by atoms with Gasteiger partial charge in [-0.1, -0.05) is 22.0 Å². The molecule has 0 bridgehead atoms. The summed E-state index contributed by atoms with van der Waals surface area (Å²) in [5, 5.41) is 9.69. The van der Waals surface area contributed by atoms with E-state index in [9.17, 15) is 5.11 Å². The highest BCUT2D eigenvalue weighted by molar-refractivity contribution is 9.10. The predicted molar refractivity (Wildman–Crippen MR) is 78.7 cm³/mol. The van der Waals surface area contributed by atoms with Crippen molar-refractivity contribution in [3.63, 3.8) is 0 Å². The Morgan fingerprint density at radius 3 is 2.72 bits per heavy atom. The zero-order chi connectivity index (χ0) is 13.3. The predicted octanol–water partition coefficient (Wildman–Crippen LogP) is 2.68. The molecule has 3 unspecified atom stereocenters. The third-order valence-corrected chi connectivity index (χ3v) is 4.22. The van der Waals surface area contributed by atoms with Gasteiger partial charge in [0.15, 0.2) is 0 Å². The molecule has 0 amide bonds. The van der Waals surface area contributed by atoms with Crippen LogP contribution in [0.1, 0.15) is 31.9 Å². The number of benzene rings is 1. The zero-order valence-electron chi connectivity index (χ0n) is 10.9. The van der Waals surface area contributed by atoms with Crippen molar-refractivity contribution in [3.05, 3.63) is 28.2 Å². The van der Waals surface area contributed by atoms with E-state index >= 15 is 0 Å². The van der Waals surface area contributed by atoms with Gasteiger partial charge in [0.2, 0.25) is 0 Å². The molecular weight excluding hydrogens is 292 g/mol. The molecule has 1 aromatic carbocycles. The molecule has 1 aliphatic heterocycles. The highest BCUT2D eigenvalue weighted by Crippen LogP contribution is 2.33. The molecule has 3 N–H and O–H groups in total. The first-order valence-corrected chi connectivity index (χ1v) is 7.26. The summed E-state index contributed by atoms with van der Waals surface area (Å²) >= 11 is 3.52. The van der Waals surface area contributed by atoms with Crippen molar-refractivity contribution in [2.24, 2.45) is 11.7 Å². The molecule has 0 aromatic heterocycles. The van der Waals surface area contributed by atoms with Gasteiger partial charge in [0.05, 0.1) is 6.10 Å². The van der Waals surface area contributed by atoms with E-state index in [4.69, 9.17) is 5.73 Å². The maximum Gasteiger partial charge on any atom is 0.0557 e. The van der Waals surface area contributed by atoms with Gasteiger partial charge in [-0.2, -0.15) is 0 Å². The van der Waals surface area contributed by atoms with Crippen molar-refractivity contribution >= 4 is 21.6 Å². The molecule has 4 heteroatoms. The van der Waals surface area contributed by atoms with Crippen molar-refractivity contribution in [1.82, 2.24) is 0 Å². The Kier molecular flexibility index (Phi) is 4.30. The summed E-state index contributed by atoms with van der Waals surface area (Å²) in [7, 11) is 0. The lowest BCUT2D eigenvalue weighted by atomic mass is 10.0. The number of aliphatic hydroxyl groups is 1. The minimum Gasteiger partial charge on any atom is -0.393 e. The molecule has 0 saturated carbocycles. The number of anilines is 1. The second-order valence-electron chi connectivity index (χ2n) is 5.23. The third kappa shape index (κ3) is 2.87. The van der Waals surface area contributed by atoms with Crippen LogP contribution in [0.3, 0.4) is 0 Å². The van der Waals surface area contributed by atoms with Crippen molar-refractivity contribution in [2.75, 3.05) is 18.0 Å². The molecular formula is C14H21BrN2O. The van der Waals surface area contributed by atoms with Crippen molar-refractivity contribution in [3.8, 4) is 0 Å². The van der Waals surface area contributed by atoms with Crippen LogP contribution in [-0.4, -0.2) is 24.3 Å². The van der Waals surface area contributed by atoms with Crippen LogP contribution in [0.15, 0.2) is 22.7 Å². The SMILES string of the molecule is CC(N)c1ccc(Br)cc1N1CCC(C(C)O)C1. The van der Waals surface area contributed by atoms with Crippen LogP contribution >= 0.6 is 15.9 Å². The molecule has 1 saturated heterocycles. The Morgan fingerprint density at radius 2 is 2.17 bits per heavy atom. The number of aliphatic hydroxyl groups excluding tert-OH is 1. The smallest absolute Gasteiger partial charge is 0.0557 e. The highest BCUT2D eigenvalue weighted by atomic mass is 79.9. The lowest BCUT2D eigenvalue weighted by molar-refractivity contribution is 0.136. The molecule has 3 atom stereocenters. The van der Waals surface area contributed by atoms with Gasteiger partial charge in [-0.05, 0) is 38.0 Å². The van der Waals surface area contributed by atoms with Crippen LogP contribution in [0.25, 0.3) is 0 Å². The normalized spacial score (nSPS) is 23.2. The molecule has 0 radical (unpaired) electrons. The fraction of sp³-hybridized carbons (Fsp3) is 0.571. The lowest BCUT2D eigenvalue weighted by Crippen LogP contribution is -2.25. The molecule has 100 valence electrons. The van der Waals surface area contributed by atoms with Crippen molar-refractivity contribution in [1.29, 1.82) is 0 Å². The summed E-state index contributed by atoms with van der Waals surface area (Å²) < 4.78 is 1.07. The number of hydrogen-bond acceptors (Lipinski definition) is 3. The van der Waals surface area contributed by atoms with Gasteiger partial charge in [0.1, 0.15) is 0 Å². The van der Waals surface area contributed by atoms with E-state index in [0.29, 0.717) is 5.92 Å². The zero-order valence-corrected chi connectivity index (χ0v) is 12.5. The molecule has 0 spiro atoms. The first-order valence-electron chi connectivity index (χ1n) is 6.47. The summed E-state index contributed by atoms with van der Waals surface area (Å²) in [6.45, 7) is 5.79. The van der Waals surface area contributed by atoms with Gasteiger partial charge in [0.25, 0.3) is 0 Å². The molecule has 18 heavy (non-hydrogen) atoms. The molecule has 1 fully saturated rings. The summed E-state index contributed by atoms with van der Waals surface area (Å²) in [5.74, 6) is 0.366. The monoisotopic (exact) mass is 312 g/mol. The second kappa shape index (κ2) is 5.59. The topological polar surface area (TPSA) is 49.5 Å². The van der Waals surface area contributed by atoms with Crippen LogP contribution in [0.4, 0.5) is 5.69 Å². The standard InChI is InChI=1S/C14H21BrN2O/c1-9(16)13-4-3-12(15)7-14(13)17-6-5-11(8-17)10(2)18/h3-4,7,9-11,18H,5-6,8,16H2,1-2H3. The van der Waals surface area contributed by atoms with E-state index in [1.165, 1.54) is 11.3 Å². The Labute approximate surface area is 117 Å². The van der Waals surface area contributed by atoms with Gasteiger partial charge in [-0.15, -0.1) is 0 Å². The average Bonchev–Trinajstić information content (AvgIpc) is 2.77. The average molecular weight is 313 g/mol. The molecule has 1 aliphatic rings. The first-order chi connectivity index (χ1) is 8.49. The Morgan fingerprint density at radius 1 is 1.44 bits per heavy atom. The van der Waals surface area contributed by atoms with Crippen molar-refractivity contribution in [2.45, 2.75) is 32.4 Å². The number of nitrogens with zero attached hydrogens (tertiary/aromatic N) is 1. The molecule has 3 nitrogen and oxygen atoms in total. The van der Waals surface area contributed by atoms with E-state index in [1.54, 1.807) is 0 Å². The maximum absolute atomic E-state index is 9.69. The first kappa shape index (κ1) is 13.8. The van der Waals surface area contributed by atoms with E-state index in [2.05, 4.69) is 33.0 Å². The number of halogens is 1. The highest BCUT2D eigenvalue weighted by Gasteiger charge is 2.27. The Balaban J connectivity index is 2.25. The summed E-state index contributed by atoms with van der Waals surface area (Å²) in [6.07, 6.45) is 0.809. The van der Waals surface area contributed by atoms with E-state index < -0.39 is 0 Å². The van der Waals surface area contributed by atoms with Crippen LogP contribution in [0.5, 0.6) is 0 Å². The van der Waals surface area contributed by atoms with Crippen LogP contribution in [-0.2, 0) is 0 Å². The van der Waals surface area contributed by atoms with E-state index in [1.807, 2.05) is 19.9 Å². The van der Waals surface area contributed by atoms with Gasteiger partial charge in [0, 0.05) is 35.2 Å².